The van der Waals surface area contributed by atoms with Crippen molar-refractivity contribution >= 4 is 28.1 Å². The third kappa shape index (κ3) is 4.17. The maximum atomic E-state index is 13.9. The van der Waals surface area contributed by atoms with Gasteiger partial charge in [0, 0.05) is 44.2 Å². The molecule has 0 aliphatic carbocycles. The van der Waals surface area contributed by atoms with Crippen LogP contribution in [0.2, 0.25) is 0 Å². The van der Waals surface area contributed by atoms with Gasteiger partial charge in [-0.2, -0.15) is 4.98 Å². The molecular weight excluding hydrogens is 460 g/mol. The first-order valence-corrected chi connectivity index (χ1v) is 12.1. The highest BCUT2D eigenvalue weighted by molar-refractivity contribution is 5.80. The number of hydrogen-bond acceptors (Lipinski definition) is 7. The van der Waals surface area contributed by atoms with Crippen LogP contribution >= 0.6 is 0 Å². The molecule has 10 nitrogen and oxygen atoms in total. The minimum absolute atomic E-state index is 0.0222. The van der Waals surface area contributed by atoms with Crippen LogP contribution in [0.5, 0.6) is 0 Å². The average molecular weight is 491 g/mol. The number of nitrogens with zero attached hydrogens (tertiary/aromatic N) is 5. The van der Waals surface area contributed by atoms with Gasteiger partial charge >= 0.3 is 11.3 Å². The number of para-hydroxylation sites is 1. The molecule has 1 saturated heterocycles. The molecule has 10 heteroatoms. The molecule has 0 saturated carbocycles. The van der Waals surface area contributed by atoms with Crippen molar-refractivity contribution in [1.29, 1.82) is 0 Å². The molecule has 188 valence electrons. The molecule has 4 aromatic rings. The van der Waals surface area contributed by atoms with Crippen molar-refractivity contribution in [2.45, 2.75) is 45.8 Å². The van der Waals surface area contributed by atoms with E-state index < -0.39 is 16.9 Å². The lowest BCUT2D eigenvalue weighted by atomic mass is 10.1. The summed E-state index contributed by atoms with van der Waals surface area (Å²) in [7, 11) is 1.61. The van der Waals surface area contributed by atoms with E-state index in [9.17, 15) is 14.4 Å². The molecule has 1 aliphatic rings. The van der Waals surface area contributed by atoms with Crippen molar-refractivity contribution in [3.63, 3.8) is 0 Å². The second-order valence-electron chi connectivity index (χ2n) is 9.64. The van der Waals surface area contributed by atoms with E-state index in [0.717, 1.165) is 29.5 Å². The maximum Gasteiger partial charge on any atom is 0.336 e. The fourth-order valence-corrected chi connectivity index (χ4v) is 4.86. The lowest BCUT2D eigenvalue weighted by Crippen LogP contribution is -2.44. The van der Waals surface area contributed by atoms with Crippen molar-refractivity contribution in [3.05, 3.63) is 78.8 Å². The zero-order valence-electron chi connectivity index (χ0n) is 20.7. The molecular formula is C26H30N6O4. The van der Waals surface area contributed by atoms with Gasteiger partial charge in [0.1, 0.15) is 5.58 Å². The third-order valence-electron chi connectivity index (χ3n) is 6.70. The van der Waals surface area contributed by atoms with E-state index in [1.165, 1.54) is 10.6 Å². The average Bonchev–Trinajstić information content (AvgIpc) is 3.23. The SMILES string of the molecule is CC(C)=CCn1c(N2CCCC(N)C2)nc2c1c(=O)n(Cc1cc(=O)oc3ccccc13)c(=O)n2C. The van der Waals surface area contributed by atoms with Gasteiger partial charge in [0.25, 0.3) is 5.56 Å². The number of anilines is 1. The number of imidazole rings is 1. The van der Waals surface area contributed by atoms with Crippen molar-refractivity contribution in [2.24, 2.45) is 12.8 Å². The van der Waals surface area contributed by atoms with E-state index in [1.54, 1.807) is 25.2 Å². The van der Waals surface area contributed by atoms with E-state index in [4.69, 9.17) is 15.1 Å². The first-order chi connectivity index (χ1) is 17.2. The molecule has 36 heavy (non-hydrogen) atoms. The molecule has 5 rings (SSSR count). The van der Waals surface area contributed by atoms with E-state index in [-0.39, 0.29) is 12.6 Å². The first-order valence-electron chi connectivity index (χ1n) is 12.1. The number of allylic oxidation sites excluding steroid dienone is 2. The van der Waals surface area contributed by atoms with Crippen molar-refractivity contribution in [2.75, 3.05) is 18.0 Å². The topological polar surface area (TPSA) is 121 Å². The summed E-state index contributed by atoms with van der Waals surface area (Å²) in [6.45, 7) is 5.77. The Labute approximate surface area is 206 Å². The third-order valence-corrected chi connectivity index (χ3v) is 6.70. The van der Waals surface area contributed by atoms with Crippen LogP contribution in [0.15, 0.2) is 60.8 Å². The Balaban J connectivity index is 1.74. The molecule has 1 aliphatic heterocycles. The van der Waals surface area contributed by atoms with Gasteiger partial charge in [-0.25, -0.2) is 9.59 Å². The van der Waals surface area contributed by atoms with Gasteiger partial charge in [-0.15, -0.1) is 0 Å². The zero-order valence-corrected chi connectivity index (χ0v) is 20.7. The molecule has 0 spiro atoms. The largest absolute Gasteiger partial charge is 0.423 e. The van der Waals surface area contributed by atoms with E-state index in [2.05, 4.69) is 4.90 Å². The van der Waals surface area contributed by atoms with Gasteiger partial charge in [-0.1, -0.05) is 29.8 Å². The van der Waals surface area contributed by atoms with Crippen molar-refractivity contribution < 1.29 is 4.42 Å². The molecule has 1 atom stereocenters. The standard InChI is InChI=1S/C26H30N6O4/c1-16(2)10-12-31-22-23(28-25(31)30-11-6-7-18(27)15-30)29(3)26(35)32(24(22)34)14-17-13-21(33)36-20-9-5-4-8-19(17)20/h4-5,8-10,13,18H,6-7,11-12,14-15,27H2,1-3H3. The second kappa shape index (κ2) is 9.27. The molecule has 1 unspecified atom stereocenters. The van der Waals surface area contributed by atoms with E-state index in [0.29, 0.717) is 46.7 Å². The number of hydrogen-bond donors (Lipinski definition) is 1. The summed E-state index contributed by atoms with van der Waals surface area (Å²) in [5.74, 6) is 0.633. The van der Waals surface area contributed by atoms with Gasteiger partial charge in [0.2, 0.25) is 5.95 Å². The summed E-state index contributed by atoms with van der Waals surface area (Å²) in [5.41, 5.74) is 7.47. The Morgan fingerprint density at radius 1 is 1.19 bits per heavy atom. The monoisotopic (exact) mass is 490 g/mol. The zero-order chi connectivity index (χ0) is 25.6. The number of fused-ring (bicyclic) bond motifs is 2. The van der Waals surface area contributed by atoms with Crippen LogP contribution < -0.4 is 27.5 Å². The molecule has 2 N–H and O–H groups in total. The maximum absolute atomic E-state index is 13.9. The van der Waals surface area contributed by atoms with Crippen LogP contribution in [-0.4, -0.2) is 37.8 Å². The highest BCUT2D eigenvalue weighted by Crippen LogP contribution is 2.24. The summed E-state index contributed by atoms with van der Waals surface area (Å²) in [5, 5.41) is 0.673. The highest BCUT2D eigenvalue weighted by Gasteiger charge is 2.26. The van der Waals surface area contributed by atoms with Crippen molar-refractivity contribution in [1.82, 2.24) is 18.7 Å². The summed E-state index contributed by atoms with van der Waals surface area (Å²) in [4.78, 5) is 46.3. The number of piperidine rings is 1. The Morgan fingerprint density at radius 3 is 2.72 bits per heavy atom. The van der Waals surface area contributed by atoms with Gasteiger partial charge in [-0.05, 0) is 38.3 Å². The van der Waals surface area contributed by atoms with Crippen LogP contribution in [0.1, 0.15) is 32.3 Å². The van der Waals surface area contributed by atoms with E-state index in [1.807, 2.05) is 30.6 Å². The van der Waals surface area contributed by atoms with E-state index >= 15 is 0 Å². The summed E-state index contributed by atoms with van der Waals surface area (Å²) in [6.07, 6.45) is 3.90. The minimum atomic E-state index is -0.535. The van der Waals surface area contributed by atoms with Gasteiger partial charge < -0.3 is 19.6 Å². The number of benzene rings is 1. The first kappa shape index (κ1) is 23.8. The van der Waals surface area contributed by atoms with Crippen LogP contribution in [0.25, 0.3) is 22.1 Å². The lowest BCUT2D eigenvalue weighted by Gasteiger charge is -2.31. The molecule has 0 amide bonds. The Kier molecular flexibility index (Phi) is 6.13. The summed E-state index contributed by atoms with van der Waals surface area (Å²) >= 11 is 0. The van der Waals surface area contributed by atoms with Crippen LogP contribution in [0, 0.1) is 0 Å². The lowest BCUT2D eigenvalue weighted by molar-refractivity contribution is 0.495. The molecule has 1 aromatic carbocycles. The quantitative estimate of drug-likeness (QED) is 0.335. The minimum Gasteiger partial charge on any atom is -0.423 e. The number of nitrogens with two attached hydrogens (primary N) is 1. The fourth-order valence-electron chi connectivity index (χ4n) is 4.86. The predicted molar refractivity (Wildman–Crippen MR) is 140 cm³/mol. The molecule has 0 radical (unpaired) electrons. The molecule has 0 bridgehead atoms. The van der Waals surface area contributed by atoms with Crippen molar-refractivity contribution in [3.8, 4) is 0 Å². The Bertz CT molecular complexity index is 1670. The van der Waals surface area contributed by atoms with Crippen LogP contribution in [-0.2, 0) is 20.1 Å². The molecule has 1 fully saturated rings. The van der Waals surface area contributed by atoms with Crippen LogP contribution in [0.3, 0.4) is 0 Å². The molecule has 3 aromatic heterocycles. The number of aryl methyl sites for hydroxylation is 1. The Morgan fingerprint density at radius 2 is 1.97 bits per heavy atom. The Hall–Kier alpha value is -3.92. The highest BCUT2D eigenvalue weighted by atomic mass is 16.4. The second-order valence-corrected chi connectivity index (χ2v) is 9.64. The summed E-state index contributed by atoms with van der Waals surface area (Å²) in [6, 6.07) is 8.43. The number of aromatic nitrogens is 4. The number of rotatable bonds is 5. The van der Waals surface area contributed by atoms with Gasteiger partial charge in [0.05, 0.1) is 6.54 Å². The van der Waals surface area contributed by atoms with Gasteiger partial charge in [-0.3, -0.25) is 13.9 Å². The normalized spacial score (nSPS) is 16.1. The molecule has 4 heterocycles. The van der Waals surface area contributed by atoms with Crippen LogP contribution in [0.4, 0.5) is 5.95 Å². The summed E-state index contributed by atoms with van der Waals surface area (Å²) < 4.78 is 9.72. The fraction of sp³-hybridized carbons (Fsp3) is 0.385. The smallest absolute Gasteiger partial charge is 0.336 e. The van der Waals surface area contributed by atoms with Gasteiger partial charge in [0.15, 0.2) is 11.2 Å². The predicted octanol–water partition coefficient (Wildman–Crippen LogP) is 1.95.